The summed E-state index contributed by atoms with van der Waals surface area (Å²) in [7, 11) is 0. The number of hydrogen-bond acceptors (Lipinski definition) is 4. The van der Waals surface area contributed by atoms with E-state index < -0.39 is 6.10 Å². The number of aryl methyl sites for hydroxylation is 1. The standard InChI is InChI=1S/C17H16N2O3S/c1-10-7-8-23-15(10)5-6-16(20)18-12-3-4-14-13(9-12)19-17(21)11(2)22-14/h3-9,11H,1-2H3,(H,18,20)(H,19,21)/b6-5+. The molecule has 1 unspecified atom stereocenters. The van der Waals surface area contributed by atoms with E-state index in [-0.39, 0.29) is 11.8 Å². The number of carbonyl (C=O) groups is 2. The van der Waals surface area contributed by atoms with Crippen LogP contribution in [0.15, 0.2) is 35.7 Å². The second kappa shape index (κ2) is 6.26. The van der Waals surface area contributed by atoms with Crippen molar-refractivity contribution in [2.45, 2.75) is 20.0 Å². The van der Waals surface area contributed by atoms with Crippen LogP contribution in [0.3, 0.4) is 0 Å². The third-order valence-electron chi connectivity index (χ3n) is 3.47. The number of thiophene rings is 1. The number of fused-ring (bicyclic) bond motifs is 1. The van der Waals surface area contributed by atoms with E-state index in [9.17, 15) is 9.59 Å². The summed E-state index contributed by atoms with van der Waals surface area (Å²) in [5.74, 6) is 0.170. The summed E-state index contributed by atoms with van der Waals surface area (Å²) < 4.78 is 5.48. The maximum atomic E-state index is 12.0. The lowest BCUT2D eigenvalue weighted by Crippen LogP contribution is -2.34. The lowest BCUT2D eigenvalue weighted by molar-refractivity contribution is -0.122. The normalized spacial score (nSPS) is 16.6. The van der Waals surface area contributed by atoms with Gasteiger partial charge in [0.05, 0.1) is 5.69 Å². The number of anilines is 2. The quantitative estimate of drug-likeness (QED) is 0.848. The van der Waals surface area contributed by atoms with Gasteiger partial charge in [-0.3, -0.25) is 9.59 Å². The summed E-state index contributed by atoms with van der Waals surface area (Å²) in [6, 6.07) is 7.16. The number of nitrogens with one attached hydrogen (secondary N) is 2. The maximum absolute atomic E-state index is 12.0. The molecule has 23 heavy (non-hydrogen) atoms. The van der Waals surface area contributed by atoms with Crippen LogP contribution in [-0.2, 0) is 9.59 Å². The summed E-state index contributed by atoms with van der Waals surface area (Å²) >= 11 is 1.59. The smallest absolute Gasteiger partial charge is 0.265 e. The Kier molecular flexibility index (Phi) is 4.16. The van der Waals surface area contributed by atoms with Gasteiger partial charge in [-0.15, -0.1) is 11.3 Å². The van der Waals surface area contributed by atoms with Crippen LogP contribution < -0.4 is 15.4 Å². The number of ether oxygens (including phenoxy) is 1. The molecular weight excluding hydrogens is 312 g/mol. The van der Waals surface area contributed by atoms with E-state index in [0.29, 0.717) is 17.1 Å². The molecule has 5 nitrogen and oxygen atoms in total. The van der Waals surface area contributed by atoms with Gasteiger partial charge in [-0.05, 0) is 55.1 Å². The van der Waals surface area contributed by atoms with E-state index in [1.165, 1.54) is 6.08 Å². The van der Waals surface area contributed by atoms with Crippen LogP contribution in [0.25, 0.3) is 6.08 Å². The molecule has 118 valence electrons. The Morgan fingerprint density at radius 3 is 2.96 bits per heavy atom. The van der Waals surface area contributed by atoms with Crippen molar-refractivity contribution in [2.75, 3.05) is 10.6 Å². The van der Waals surface area contributed by atoms with E-state index in [4.69, 9.17) is 4.74 Å². The fraction of sp³-hybridized carbons (Fsp3) is 0.176. The molecule has 1 aromatic carbocycles. The molecular formula is C17H16N2O3S. The van der Waals surface area contributed by atoms with Crippen LogP contribution in [-0.4, -0.2) is 17.9 Å². The van der Waals surface area contributed by atoms with Crippen molar-refractivity contribution < 1.29 is 14.3 Å². The van der Waals surface area contributed by atoms with E-state index >= 15 is 0 Å². The van der Waals surface area contributed by atoms with Gasteiger partial charge < -0.3 is 15.4 Å². The highest BCUT2D eigenvalue weighted by Crippen LogP contribution is 2.32. The molecule has 0 radical (unpaired) electrons. The highest BCUT2D eigenvalue weighted by atomic mass is 32.1. The van der Waals surface area contributed by atoms with Gasteiger partial charge in [-0.1, -0.05) is 0 Å². The molecule has 1 aliphatic heterocycles. The Bertz CT molecular complexity index is 795. The molecule has 1 aliphatic rings. The van der Waals surface area contributed by atoms with E-state index in [1.807, 2.05) is 18.4 Å². The summed E-state index contributed by atoms with van der Waals surface area (Å²) in [4.78, 5) is 24.7. The van der Waals surface area contributed by atoms with Gasteiger partial charge in [0.15, 0.2) is 6.10 Å². The Hall–Kier alpha value is -2.60. The number of amides is 2. The molecule has 0 spiro atoms. The molecule has 3 rings (SSSR count). The van der Waals surface area contributed by atoms with Crippen LogP contribution in [0.2, 0.25) is 0 Å². The second-order valence-electron chi connectivity index (χ2n) is 5.25. The Labute approximate surface area is 138 Å². The fourth-order valence-corrected chi connectivity index (χ4v) is 3.00. The predicted molar refractivity (Wildman–Crippen MR) is 91.9 cm³/mol. The summed E-state index contributed by atoms with van der Waals surface area (Å²) in [6.07, 6.45) is 2.77. The number of rotatable bonds is 3. The third-order valence-corrected chi connectivity index (χ3v) is 4.45. The first kappa shape index (κ1) is 15.3. The van der Waals surface area contributed by atoms with Crippen molar-refractivity contribution in [1.29, 1.82) is 0 Å². The van der Waals surface area contributed by atoms with Gasteiger partial charge in [-0.25, -0.2) is 0 Å². The summed E-state index contributed by atoms with van der Waals surface area (Å²) in [5, 5.41) is 7.51. The number of hydrogen-bond donors (Lipinski definition) is 2. The molecule has 2 N–H and O–H groups in total. The van der Waals surface area contributed by atoms with Crippen LogP contribution in [0.1, 0.15) is 17.4 Å². The molecule has 0 bridgehead atoms. The first-order valence-electron chi connectivity index (χ1n) is 7.17. The van der Waals surface area contributed by atoms with Crippen LogP contribution in [0.5, 0.6) is 5.75 Å². The lowest BCUT2D eigenvalue weighted by atomic mass is 10.2. The molecule has 1 atom stereocenters. The minimum Gasteiger partial charge on any atom is -0.479 e. The molecule has 6 heteroatoms. The van der Waals surface area contributed by atoms with Crippen LogP contribution >= 0.6 is 11.3 Å². The first-order chi connectivity index (χ1) is 11.0. The average Bonchev–Trinajstić information content (AvgIpc) is 2.92. The molecule has 0 fully saturated rings. The van der Waals surface area contributed by atoms with Crippen molar-refractivity contribution in [3.8, 4) is 5.75 Å². The zero-order valence-electron chi connectivity index (χ0n) is 12.8. The van der Waals surface area contributed by atoms with Gasteiger partial charge in [0.25, 0.3) is 5.91 Å². The van der Waals surface area contributed by atoms with E-state index in [0.717, 1.165) is 10.4 Å². The van der Waals surface area contributed by atoms with Crippen molar-refractivity contribution in [3.63, 3.8) is 0 Å². The zero-order chi connectivity index (χ0) is 16.4. The van der Waals surface area contributed by atoms with Crippen LogP contribution in [0, 0.1) is 6.92 Å². The SMILES string of the molecule is Cc1ccsc1/C=C/C(=O)Nc1ccc2c(c1)NC(=O)C(C)O2. The van der Waals surface area contributed by atoms with Gasteiger partial charge in [0.1, 0.15) is 5.75 Å². The molecule has 2 amide bonds. The number of benzene rings is 1. The van der Waals surface area contributed by atoms with Gasteiger partial charge in [-0.2, -0.15) is 0 Å². The van der Waals surface area contributed by atoms with Gasteiger partial charge >= 0.3 is 0 Å². The second-order valence-corrected chi connectivity index (χ2v) is 6.20. The molecule has 1 aromatic heterocycles. The maximum Gasteiger partial charge on any atom is 0.265 e. The zero-order valence-corrected chi connectivity index (χ0v) is 13.6. The van der Waals surface area contributed by atoms with E-state index in [2.05, 4.69) is 10.6 Å². The summed E-state index contributed by atoms with van der Waals surface area (Å²) in [5.41, 5.74) is 2.30. The van der Waals surface area contributed by atoms with Crippen LogP contribution in [0.4, 0.5) is 11.4 Å². The Morgan fingerprint density at radius 1 is 1.39 bits per heavy atom. The van der Waals surface area contributed by atoms with Crippen molar-refractivity contribution in [1.82, 2.24) is 0 Å². The number of carbonyl (C=O) groups excluding carboxylic acids is 2. The molecule has 0 aliphatic carbocycles. The Morgan fingerprint density at radius 2 is 2.22 bits per heavy atom. The van der Waals surface area contributed by atoms with Gasteiger partial charge in [0.2, 0.25) is 5.91 Å². The fourth-order valence-electron chi connectivity index (χ4n) is 2.18. The molecule has 2 heterocycles. The van der Waals surface area contributed by atoms with Crippen molar-refractivity contribution in [3.05, 3.63) is 46.2 Å². The minimum absolute atomic E-state index is 0.200. The van der Waals surface area contributed by atoms with E-state index in [1.54, 1.807) is 42.5 Å². The van der Waals surface area contributed by atoms with Gasteiger partial charge in [0, 0.05) is 16.6 Å². The first-order valence-corrected chi connectivity index (χ1v) is 8.05. The Balaban J connectivity index is 1.70. The predicted octanol–water partition coefficient (Wildman–Crippen LogP) is 3.43. The average molecular weight is 328 g/mol. The highest BCUT2D eigenvalue weighted by Gasteiger charge is 2.23. The summed E-state index contributed by atoms with van der Waals surface area (Å²) in [6.45, 7) is 3.69. The highest BCUT2D eigenvalue weighted by molar-refractivity contribution is 7.11. The molecule has 2 aromatic rings. The third kappa shape index (κ3) is 3.43. The molecule has 0 saturated heterocycles. The largest absolute Gasteiger partial charge is 0.479 e. The van der Waals surface area contributed by atoms with Crippen molar-refractivity contribution >= 4 is 40.6 Å². The minimum atomic E-state index is -0.514. The molecule has 0 saturated carbocycles. The van der Waals surface area contributed by atoms with Crippen molar-refractivity contribution in [2.24, 2.45) is 0 Å². The topological polar surface area (TPSA) is 67.4 Å². The lowest BCUT2D eigenvalue weighted by Gasteiger charge is -2.23. The monoisotopic (exact) mass is 328 g/mol.